The zero-order valence-electron chi connectivity index (χ0n) is 11.7. The average Bonchev–Trinajstić information content (AvgIpc) is 2.86. The van der Waals surface area contributed by atoms with Gasteiger partial charge in [0.1, 0.15) is 0 Å². The van der Waals surface area contributed by atoms with Gasteiger partial charge in [-0.05, 0) is 32.4 Å². The molecule has 1 fully saturated rings. The van der Waals surface area contributed by atoms with E-state index < -0.39 is 0 Å². The summed E-state index contributed by atoms with van der Waals surface area (Å²) in [7, 11) is 1.96. The summed E-state index contributed by atoms with van der Waals surface area (Å²) >= 11 is 0. The molecule has 0 radical (unpaired) electrons. The summed E-state index contributed by atoms with van der Waals surface area (Å²) < 4.78 is 0. The molecule has 106 valence electrons. The smallest absolute Gasteiger partial charge is 0.222 e. The Morgan fingerprint density at radius 3 is 2.63 bits per heavy atom. The summed E-state index contributed by atoms with van der Waals surface area (Å²) in [6.07, 6.45) is 2.55. The molecule has 0 aromatic heterocycles. The van der Waals surface area contributed by atoms with Crippen LogP contribution in [0.2, 0.25) is 0 Å². The third kappa shape index (κ3) is 4.51. The van der Waals surface area contributed by atoms with Crippen LogP contribution in [-0.2, 0) is 11.2 Å². The molecule has 1 atom stereocenters. The molecule has 1 aliphatic heterocycles. The van der Waals surface area contributed by atoms with Crippen LogP contribution in [0.4, 0.5) is 0 Å². The first-order valence-corrected chi connectivity index (χ1v) is 6.69. The van der Waals surface area contributed by atoms with Gasteiger partial charge >= 0.3 is 0 Å². The number of benzene rings is 1. The first-order chi connectivity index (χ1) is 8.69. The van der Waals surface area contributed by atoms with Gasteiger partial charge in [0.25, 0.3) is 0 Å². The van der Waals surface area contributed by atoms with Crippen molar-refractivity contribution in [3.05, 3.63) is 35.4 Å². The predicted molar refractivity (Wildman–Crippen MR) is 80.8 cm³/mol. The molecular weight excluding hydrogens is 260 g/mol. The van der Waals surface area contributed by atoms with Crippen LogP contribution >= 0.6 is 12.4 Å². The van der Waals surface area contributed by atoms with Crippen molar-refractivity contribution in [3.8, 4) is 0 Å². The summed E-state index contributed by atoms with van der Waals surface area (Å²) in [5, 5.41) is 3.23. The molecule has 0 bridgehead atoms. The summed E-state index contributed by atoms with van der Waals surface area (Å²) in [5.74, 6) is 0.285. The van der Waals surface area contributed by atoms with Gasteiger partial charge in [-0.2, -0.15) is 0 Å². The molecule has 0 saturated carbocycles. The summed E-state index contributed by atoms with van der Waals surface area (Å²) in [5.41, 5.74) is 2.51. The molecule has 4 heteroatoms. The number of hydrogen-bond acceptors (Lipinski definition) is 2. The maximum absolute atomic E-state index is 12.0. The van der Waals surface area contributed by atoms with Crippen molar-refractivity contribution in [2.75, 3.05) is 20.1 Å². The number of aryl methyl sites for hydroxylation is 2. The zero-order valence-corrected chi connectivity index (χ0v) is 12.5. The van der Waals surface area contributed by atoms with Crippen LogP contribution in [0.5, 0.6) is 0 Å². The van der Waals surface area contributed by atoms with Gasteiger partial charge in [0.05, 0.1) is 0 Å². The van der Waals surface area contributed by atoms with E-state index in [0.29, 0.717) is 12.5 Å². The minimum Gasteiger partial charge on any atom is -0.341 e. The molecule has 19 heavy (non-hydrogen) atoms. The second kappa shape index (κ2) is 7.51. The van der Waals surface area contributed by atoms with Gasteiger partial charge in [0, 0.05) is 25.6 Å². The Labute approximate surface area is 121 Å². The van der Waals surface area contributed by atoms with Crippen molar-refractivity contribution < 1.29 is 4.79 Å². The van der Waals surface area contributed by atoms with E-state index in [1.807, 2.05) is 11.9 Å². The first-order valence-electron chi connectivity index (χ1n) is 6.69. The lowest BCUT2D eigenvalue weighted by Crippen LogP contribution is -2.33. The third-order valence-corrected chi connectivity index (χ3v) is 3.70. The van der Waals surface area contributed by atoms with E-state index in [-0.39, 0.29) is 18.3 Å². The van der Waals surface area contributed by atoms with Crippen LogP contribution in [0.15, 0.2) is 24.3 Å². The van der Waals surface area contributed by atoms with Crippen LogP contribution in [0.1, 0.15) is 24.0 Å². The highest BCUT2D eigenvalue weighted by molar-refractivity contribution is 5.85. The highest BCUT2D eigenvalue weighted by Crippen LogP contribution is 2.12. The fourth-order valence-electron chi connectivity index (χ4n) is 2.39. The van der Waals surface area contributed by atoms with Crippen molar-refractivity contribution in [3.63, 3.8) is 0 Å². The molecule has 3 nitrogen and oxygen atoms in total. The number of amides is 1. The van der Waals surface area contributed by atoms with Crippen molar-refractivity contribution in [2.24, 2.45) is 0 Å². The topological polar surface area (TPSA) is 32.3 Å². The van der Waals surface area contributed by atoms with E-state index in [1.165, 1.54) is 11.1 Å². The highest BCUT2D eigenvalue weighted by Gasteiger charge is 2.24. The van der Waals surface area contributed by atoms with Gasteiger partial charge in [-0.15, -0.1) is 12.4 Å². The lowest BCUT2D eigenvalue weighted by atomic mass is 10.1. The molecule has 1 aliphatic rings. The van der Waals surface area contributed by atoms with E-state index in [2.05, 4.69) is 36.5 Å². The monoisotopic (exact) mass is 282 g/mol. The molecule has 1 amide bonds. The number of hydrogen-bond donors (Lipinski definition) is 1. The van der Waals surface area contributed by atoms with Crippen LogP contribution in [0.25, 0.3) is 0 Å². The summed E-state index contributed by atoms with van der Waals surface area (Å²) in [6, 6.07) is 8.92. The second-order valence-electron chi connectivity index (χ2n) is 5.10. The minimum absolute atomic E-state index is 0. The van der Waals surface area contributed by atoms with E-state index in [0.717, 1.165) is 25.9 Å². The fraction of sp³-hybridized carbons (Fsp3) is 0.533. The van der Waals surface area contributed by atoms with Gasteiger partial charge in [-0.25, -0.2) is 0 Å². The van der Waals surface area contributed by atoms with E-state index in [1.54, 1.807) is 0 Å². The summed E-state index contributed by atoms with van der Waals surface area (Å²) in [6.45, 7) is 3.85. The quantitative estimate of drug-likeness (QED) is 0.918. The number of carbonyl (C=O) groups excluding carboxylic acids is 1. The number of rotatable bonds is 4. The fourth-order valence-corrected chi connectivity index (χ4v) is 2.39. The SMILES string of the molecule is CNC1CCN(C(=O)CCc2ccc(C)cc2)C1.Cl. The Hall–Kier alpha value is -1.06. The lowest BCUT2D eigenvalue weighted by molar-refractivity contribution is -0.130. The van der Waals surface area contributed by atoms with Gasteiger partial charge in [-0.1, -0.05) is 29.8 Å². The van der Waals surface area contributed by atoms with Crippen molar-refractivity contribution in [1.29, 1.82) is 0 Å². The summed E-state index contributed by atoms with van der Waals surface area (Å²) in [4.78, 5) is 14.0. The van der Waals surface area contributed by atoms with Crippen molar-refractivity contribution >= 4 is 18.3 Å². The number of likely N-dealkylation sites (N-methyl/N-ethyl adjacent to an activating group) is 1. The van der Waals surface area contributed by atoms with Crippen molar-refractivity contribution in [1.82, 2.24) is 10.2 Å². The minimum atomic E-state index is 0. The number of nitrogens with zero attached hydrogens (tertiary/aromatic N) is 1. The predicted octanol–water partition coefficient (Wildman–Crippen LogP) is 2.17. The molecule has 0 spiro atoms. The van der Waals surface area contributed by atoms with Crippen LogP contribution in [0, 0.1) is 6.92 Å². The van der Waals surface area contributed by atoms with E-state index in [9.17, 15) is 4.79 Å². The van der Waals surface area contributed by atoms with Crippen LogP contribution < -0.4 is 5.32 Å². The van der Waals surface area contributed by atoms with Crippen LogP contribution in [-0.4, -0.2) is 37.0 Å². The number of nitrogens with one attached hydrogen (secondary N) is 1. The average molecular weight is 283 g/mol. The number of likely N-dealkylation sites (tertiary alicyclic amines) is 1. The second-order valence-corrected chi connectivity index (χ2v) is 5.10. The van der Waals surface area contributed by atoms with Crippen molar-refractivity contribution in [2.45, 2.75) is 32.2 Å². The molecule has 0 aliphatic carbocycles. The largest absolute Gasteiger partial charge is 0.341 e. The maximum atomic E-state index is 12.0. The number of carbonyl (C=O) groups is 1. The molecule has 2 rings (SSSR count). The van der Waals surface area contributed by atoms with Crippen LogP contribution in [0.3, 0.4) is 0 Å². The Kier molecular flexibility index (Phi) is 6.32. The molecule has 1 heterocycles. The van der Waals surface area contributed by atoms with E-state index in [4.69, 9.17) is 0 Å². The third-order valence-electron chi connectivity index (χ3n) is 3.70. The van der Waals surface area contributed by atoms with Gasteiger partial charge < -0.3 is 10.2 Å². The Morgan fingerprint density at radius 1 is 1.37 bits per heavy atom. The lowest BCUT2D eigenvalue weighted by Gasteiger charge is -2.16. The van der Waals surface area contributed by atoms with Gasteiger partial charge in [0.15, 0.2) is 0 Å². The Bertz CT molecular complexity index is 405. The van der Waals surface area contributed by atoms with Gasteiger partial charge in [0.2, 0.25) is 5.91 Å². The maximum Gasteiger partial charge on any atom is 0.222 e. The highest BCUT2D eigenvalue weighted by atomic mass is 35.5. The molecule has 1 unspecified atom stereocenters. The Balaban J connectivity index is 0.00000180. The standard InChI is InChI=1S/C15H22N2O.ClH/c1-12-3-5-13(6-4-12)7-8-15(18)17-10-9-14(11-17)16-2;/h3-6,14,16H,7-11H2,1-2H3;1H. The molecule has 1 N–H and O–H groups in total. The molecular formula is C15H23ClN2O. The molecule has 1 aromatic rings. The Morgan fingerprint density at radius 2 is 2.05 bits per heavy atom. The van der Waals surface area contributed by atoms with E-state index >= 15 is 0 Å². The first kappa shape index (κ1) is 16.0. The number of halogens is 1. The normalized spacial score (nSPS) is 18.2. The molecule has 1 saturated heterocycles. The zero-order chi connectivity index (χ0) is 13.0. The van der Waals surface area contributed by atoms with Gasteiger partial charge in [-0.3, -0.25) is 4.79 Å². The molecule has 1 aromatic carbocycles.